The summed E-state index contributed by atoms with van der Waals surface area (Å²) in [6.45, 7) is 6.20. The lowest BCUT2D eigenvalue weighted by Crippen LogP contribution is -2.51. The molecule has 0 spiro atoms. The number of rotatable bonds is 3. The van der Waals surface area contributed by atoms with Crippen LogP contribution in [-0.2, 0) is 4.74 Å². The zero-order chi connectivity index (χ0) is 15.1. The van der Waals surface area contributed by atoms with E-state index >= 15 is 0 Å². The first-order valence-corrected chi connectivity index (χ1v) is 8.14. The van der Waals surface area contributed by atoms with Crippen molar-refractivity contribution in [2.75, 3.05) is 32.8 Å². The normalized spacial score (nSPS) is 28.7. The smallest absolute Gasteiger partial charge is 0.257 e. The van der Waals surface area contributed by atoms with E-state index in [0.717, 1.165) is 25.6 Å². The van der Waals surface area contributed by atoms with Gasteiger partial charge in [-0.1, -0.05) is 0 Å². The van der Waals surface area contributed by atoms with Crippen LogP contribution in [-0.4, -0.2) is 70.6 Å². The summed E-state index contributed by atoms with van der Waals surface area (Å²) in [6.07, 6.45) is 6.11. The van der Waals surface area contributed by atoms with Gasteiger partial charge in [0.2, 0.25) is 0 Å². The van der Waals surface area contributed by atoms with Crippen molar-refractivity contribution in [1.82, 2.24) is 19.8 Å². The molecule has 0 aromatic carbocycles. The number of aromatic nitrogens is 2. The Balaban J connectivity index is 1.45. The van der Waals surface area contributed by atoms with E-state index in [2.05, 4.69) is 14.9 Å². The molecule has 1 aromatic rings. The third kappa shape index (κ3) is 2.73. The number of fused-ring (bicyclic) bond motifs is 1. The Hall–Kier alpha value is -1.53. The summed E-state index contributed by atoms with van der Waals surface area (Å²) in [5, 5.41) is 0. The molecule has 0 radical (unpaired) electrons. The molecule has 1 amide bonds. The number of likely N-dealkylation sites (tertiary alicyclic amines) is 1. The second-order valence-corrected chi connectivity index (χ2v) is 6.64. The molecule has 2 saturated heterocycles. The van der Waals surface area contributed by atoms with E-state index in [1.54, 1.807) is 12.4 Å². The molecule has 0 N–H and O–H groups in total. The average Bonchev–Trinajstić information content (AvgIpc) is 3.23. The van der Waals surface area contributed by atoms with Gasteiger partial charge in [-0.15, -0.1) is 0 Å². The molecule has 3 aliphatic rings. The minimum atomic E-state index is 0.0179. The summed E-state index contributed by atoms with van der Waals surface area (Å²) in [6, 6.07) is 0.352. The third-order valence-electron chi connectivity index (χ3n) is 4.92. The summed E-state index contributed by atoms with van der Waals surface area (Å²) in [4.78, 5) is 25.3. The summed E-state index contributed by atoms with van der Waals surface area (Å²) >= 11 is 0. The number of aryl methyl sites for hydroxylation is 1. The zero-order valence-electron chi connectivity index (χ0n) is 12.9. The van der Waals surface area contributed by atoms with Crippen LogP contribution in [0.4, 0.5) is 0 Å². The molecule has 3 fully saturated rings. The number of carbonyl (C=O) groups is 1. The van der Waals surface area contributed by atoms with Crippen molar-refractivity contribution in [3.8, 4) is 0 Å². The van der Waals surface area contributed by atoms with Gasteiger partial charge in [0, 0.05) is 38.6 Å². The molecule has 22 heavy (non-hydrogen) atoms. The Morgan fingerprint density at radius 2 is 2.09 bits per heavy atom. The Morgan fingerprint density at radius 1 is 1.32 bits per heavy atom. The third-order valence-corrected chi connectivity index (χ3v) is 4.92. The fourth-order valence-corrected chi connectivity index (χ4v) is 3.47. The van der Waals surface area contributed by atoms with Gasteiger partial charge in [0.15, 0.2) is 0 Å². The number of nitrogens with zero attached hydrogens (tertiary/aromatic N) is 4. The van der Waals surface area contributed by atoms with Crippen molar-refractivity contribution in [2.45, 2.75) is 31.9 Å². The molecule has 2 atom stereocenters. The van der Waals surface area contributed by atoms with Crippen LogP contribution in [0.25, 0.3) is 0 Å². The number of carbonyl (C=O) groups excluding carboxylic acids is 1. The molecular weight excluding hydrogens is 280 g/mol. The first-order chi connectivity index (χ1) is 10.7. The fourth-order valence-electron chi connectivity index (χ4n) is 3.47. The van der Waals surface area contributed by atoms with Crippen molar-refractivity contribution in [2.24, 2.45) is 5.92 Å². The van der Waals surface area contributed by atoms with Gasteiger partial charge in [0.1, 0.15) is 5.82 Å². The van der Waals surface area contributed by atoms with Gasteiger partial charge in [-0.05, 0) is 25.7 Å². The number of hydrogen-bond acceptors (Lipinski definition) is 5. The first-order valence-electron chi connectivity index (χ1n) is 8.14. The van der Waals surface area contributed by atoms with Crippen molar-refractivity contribution in [1.29, 1.82) is 0 Å². The van der Waals surface area contributed by atoms with Crippen LogP contribution < -0.4 is 0 Å². The molecule has 0 unspecified atom stereocenters. The van der Waals surface area contributed by atoms with Crippen LogP contribution >= 0.6 is 0 Å². The van der Waals surface area contributed by atoms with Gasteiger partial charge < -0.3 is 9.64 Å². The molecule has 3 heterocycles. The van der Waals surface area contributed by atoms with E-state index < -0.39 is 0 Å². The second kappa shape index (κ2) is 5.59. The Morgan fingerprint density at radius 3 is 2.82 bits per heavy atom. The van der Waals surface area contributed by atoms with Crippen molar-refractivity contribution < 1.29 is 9.53 Å². The van der Waals surface area contributed by atoms with Crippen LogP contribution in [0, 0.1) is 12.8 Å². The van der Waals surface area contributed by atoms with Gasteiger partial charge in [0.25, 0.3) is 5.91 Å². The highest BCUT2D eigenvalue weighted by Crippen LogP contribution is 2.33. The predicted molar refractivity (Wildman–Crippen MR) is 80.5 cm³/mol. The second-order valence-electron chi connectivity index (χ2n) is 6.64. The largest absolute Gasteiger partial charge is 0.373 e. The molecule has 1 aromatic heterocycles. The Kier molecular flexibility index (Phi) is 3.58. The van der Waals surface area contributed by atoms with Gasteiger partial charge in [-0.2, -0.15) is 0 Å². The SMILES string of the molecule is Cc1ncc(C(=O)N2C[C@@H]3OCCN(CC4CC4)[C@H]3C2)cn1. The summed E-state index contributed by atoms with van der Waals surface area (Å²) in [5.74, 6) is 1.57. The van der Waals surface area contributed by atoms with E-state index in [0.29, 0.717) is 24.0 Å². The van der Waals surface area contributed by atoms with Crippen LogP contribution in [0.2, 0.25) is 0 Å². The van der Waals surface area contributed by atoms with Gasteiger partial charge in [0.05, 0.1) is 24.3 Å². The maximum absolute atomic E-state index is 12.6. The number of amides is 1. The van der Waals surface area contributed by atoms with E-state index in [1.807, 2.05) is 11.8 Å². The zero-order valence-corrected chi connectivity index (χ0v) is 12.9. The van der Waals surface area contributed by atoms with Crippen LogP contribution in [0.3, 0.4) is 0 Å². The lowest BCUT2D eigenvalue weighted by atomic mass is 10.1. The van der Waals surface area contributed by atoms with Crippen LogP contribution in [0.15, 0.2) is 12.4 Å². The van der Waals surface area contributed by atoms with E-state index in [1.165, 1.54) is 19.4 Å². The predicted octanol–water partition coefficient (Wildman–Crippen LogP) is 0.720. The van der Waals surface area contributed by atoms with Gasteiger partial charge >= 0.3 is 0 Å². The monoisotopic (exact) mass is 302 g/mol. The molecule has 6 nitrogen and oxygen atoms in total. The standard InChI is InChI=1S/C16H22N4O2/c1-11-17-6-13(7-18-11)16(21)20-9-14-15(10-20)22-5-4-19(14)8-12-2-3-12/h6-7,12,14-15H,2-5,8-10H2,1H3/t14-,15-/m0/s1. The quantitative estimate of drug-likeness (QED) is 0.823. The maximum Gasteiger partial charge on any atom is 0.257 e. The van der Waals surface area contributed by atoms with Gasteiger partial charge in [-0.25, -0.2) is 9.97 Å². The molecule has 6 heteroatoms. The van der Waals surface area contributed by atoms with Crippen molar-refractivity contribution >= 4 is 5.91 Å². The summed E-state index contributed by atoms with van der Waals surface area (Å²) in [5.41, 5.74) is 0.568. The molecule has 118 valence electrons. The molecule has 1 aliphatic carbocycles. The molecule has 0 bridgehead atoms. The van der Waals surface area contributed by atoms with E-state index in [-0.39, 0.29) is 12.0 Å². The van der Waals surface area contributed by atoms with E-state index in [9.17, 15) is 4.79 Å². The molecule has 4 rings (SSSR count). The lowest BCUT2D eigenvalue weighted by molar-refractivity contribution is -0.0484. The van der Waals surface area contributed by atoms with Gasteiger partial charge in [-0.3, -0.25) is 9.69 Å². The minimum Gasteiger partial charge on any atom is -0.373 e. The Bertz CT molecular complexity index is 558. The maximum atomic E-state index is 12.6. The number of ether oxygens (including phenoxy) is 1. The highest BCUT2D eigenvalue weighted by Gasteiger charge is 2.43. The highest BCUT2D eigenvalue weighted by atomic mass is 16.5. The fraction of sp³-hybridized carbons (Fsp3) is 0.688. The topological polar surface area (TPSA) is 58.6 Å². The van der Waals surface area contributed by atoms with Crippen LogP contribution in [0.1, 0.15) is 29.0 Å². The summed E-state index contributed by atoms with van der Waals surface area (Å²) in [7, 11) is 0. The summed E-state index contributed by atoms with van der Waals surface area (Å²) < 4.78 is 5.90. The minimum absolute atomic E-state index is 0.0179. The van der Waals surface area contributed by atoms with Crippen LogP contribution in [0.5, 0.6) is 0 Å². The van der Waals surface area contributed by atoms with Crippen molar-refractivity contribution in [3.05, 3.63) is 23.8 Å². The first kappa shape index (κ1) is 14.1. The average molecular weight is 302 g/mol. The molecule has 1 saturated carbocycles. The Labute approximate surface area is 130 Å². The van der Waals surface area contributed by atoms with Crippen molar-refractivity contribution in [3.63, 3.8) is 0 Å². The van der Waals surface area contributed by atoms with E-state index in [4.69, 9.17) is 4.74 Å². The molecule has 2 aliphatic heterocycles. The number of morpholine rings is 1. The highest BCUT2D eigenvalue weighted by molar-refractivity contribution is 5.93. The molecular formula is C16H22N4O2. The lowest BCUT2D eigenvalue weighted by Gasteiger charge is -2.36. The number of hydrogen-bond donors (Lipinski definition) is 0.